The van der Waals surface area contributed by atoms with Gasteiger partial charge in [-0.15, -0.1) is 0 Å². The van der Waals surface area contributed by atoms with E-state index in [0.29, 0.717) is 50.1 Å². The van der Waals surface area contributed by atoms with Gasteiger partial charge in [-0.25, -0.2) is 14.6 Å². The number of nitrogens with zero attached hydrogens (tertiary/aromatic N) is 5. The molecule has 1 aromatic heterocycles. The third-order valence-electron chi connectivity index (χ3n) is 6.84. The second kappa shape index (κ2) is 13.5. The Hall–Kier alpha value is -3.89. The predicted molar refractivity (Wildman–Crippen MR) is 155 cm³/mol. The fourth-order valence-corrected chi connectivity index (χ4v) is 4.52. The van der Waals surface area contributed by atoms with Gasteiger partial charge in [0, 0.05) is 44.6 Å². The summed E-state index contributed by atoms with van der Waals surface area (Å²) in [5.41, 5.74) is 0.504. The second-order valence-electron chi connectivity index (χ2n) is 10.8. The first-order chi connectivity index (χ1) is 19.0. The summed E-state index contributed by atoms with van der Waals surface area (Å²) in [4.78, 5) is 52.3. The van der Waals surface area contributed by atoms with Gasteiger partial charge in [-0.1, -0.05) is 32.9 Å². The van der Waals surface area contributed by atoms with Crippen molar-refractivity contribution in [3.8, 4) is 5.75 Å². The van der Waals surface area contributed by atoms with Gasteiger partial charge in [0.2, 0.25) is 11.9 Å². The van der Waals surface area contributed by atoms with Crippen LogP contribution in [0, 0.1) is 5.41 Å². The number of hydrogen-bond donors (Lipinski definition) is 2. The second-order valence-corrected chi connectivity index (χ2v) is 10.8. The van der Waals surface area contributed by atoms with Crippen LogP contribution in [-0.2, 0) is 16.0 Å². The maximum atomic E-state index is 13.3. The summed E-state index contributed by atoms with van der Waals surface area (Å²) in [7, 11) is 0. The average molecular weight is 555 g/mol. The van der Waals surface area contributed by atoms with E-state index in [2.05, 4.69) is 15.3 Å². The summed E-state index contributed by atoms with van der Waals surface area (Å²) in [6, 6.07) is 5.77. The van der Waals surface area contributed by atoms with Crippen LogP contribution in [0.4, 0.5) is 22.2 Å². The van der Waals surface area contributed by atoms with Crippen molar-refractivity contribution in [1.29, 1.82) is 0 Å². The van der Waals surface area contributed by atoms with Crippen LogP contribution < -0.4 is 19.9 Å². The minimum Gasteiger partial charge on any atom is -0.480 e. The van der Waals surface area contributed by atoms with E-state index in [1.165, 1.54) is 0 Å². The summed E-state index contributed by atoms with van der Waals surface area (Å²) in [5, 5.41) is 13.2. The van der Waals surface area contributed by atoms with Gasteiger partial charge in [-0.05, 0) is 51.3 Å². The predicted octanol–water partition coefficient (Wildman–Crippen LogP) is 4.42. The Labute approximate surface area is 236 Å². The van der Waals surface area contributed by atoms with Crippen LogP contribution in [0.5, 0.6) is 5.75 Å². The molecule has 0 spiro atoms. The number of carboxylic acids is 1. The molecule has 1 aliphatic heterocycles. The molecule has 40 heavy (non-hydrogen) atoms. The SMILES string of the molecule is CCN(CC)c1ncc(N(CC)C(=O)C(C)(C)C)c(N[C@H](Cc2ccc(OC(=O)N3CCCC3)cc2)C(=O)O)n1. The number of carbonyl (C=O) groups is 3. The molecule has 3 rings (SSSR count). The smallest absolute Gasteiger partial charge is 0.415 e. The molecular formula is C29H42N6O5. The van der Waals surface area contributed by atoms with E-state index in [1.807, 2.05) is 46.4 Å². The zero-order valence-electron chi connectivity index (χ0n) is 24.4. The highest BCUT2D eigenvalue weighted by atomic mass is 16.6. The Morgan fingerprint density at radius 1 is 1.05 bits per heavy atom. The highest BCUT2D eigenvalue weighted by Gasteiger charge is 2.31. The molecule has 1 fully saturated rings. The minimum atomic E-state index is -1.07. The van der Waals surface area contributed by atoms with E-state index in [9.17, 15) is 19.5 Å². The number of aliphatic carboxylic acids is 1. The molecule has 218 valence electrons. The fourth-order valence-electron chi connectivity index (χ4n) is 4.52. The number of hydrogen-bond acceptors (Lipinski definition) is 8. The molecule has 1 aliphatic rings. The Morgan fingerprint density at radius 3 is 2.20 bits per heavy atom. The molecule has 0 bridgehead atoms. The summed E-state index contributed by atoms with van der Waals surface area (Å²) in [5.74, 6) is -0.0580. The van der Waals surface area contributed by atoms with Crippen LogP contribution in [-0.4, -0.2) is 76.7 Å². The van der Waals surface area contributed by atoms with Crippen molar-refractivity contribution in [2.75, 3.05) is 47.8 Å². The molecule has 0 aliphatic carbocycles. The van der Waals surface area contributed by atoms with Gasteiger partial charge in [0.25, 0.3) is 0 Å². The Bertz CT molecular complexity index is 1170. The van der Waals surface area contributed by atoms with Crippen LogP contribution in [0.1, 0.15) is 59.9 Å². The molecule has 0 unspecified atom stereocenters. The van der Waals surface area contributed by atoms with Crippen LogP contribution >= 0.6 is 0 Å². The number of benzene rings is 1. The number of ether oxygens (including phenoxy) is 1. The number of carboxylic acid groups (broad SMARTS) is 1. The number of amides is 2. The van der Waals surface area contributed by atoms with Crippen molar-refractivity contribution in [2.45, 2.75) is 66.8 Å². The summed E-state index contributed by atoms with van der Waals surface area (Å²) < 4.78 is 5.46. The van der Waals surface area contributed by atoms with E-state index in [4.69, 9.17) is 4.74 Å². The highest BCUT2D eigenvalue weighted by molar-refractivity contribution is 5.99. The largest absolute Gasteiger partial charge is 0.480 e. The molecule has 0 radical (unpaired) electrons. The van der Waals surface area contributed by atoms with Crippen molar-refractivity contribution in [3.63, 3.8) is 0 Å². The number of anilines is 3. The number of nitrogens with one attached hydrogen (secondary N) is 1. The van der Waals surface area contributed by atoms with Gasteiger partial charge in [0.05, 0.1) is 6.20 Å². The Balaban J connectivity index is 1.87. The number of carbonyl (C=O) groups excluding carboxylic acids is 2. The molecule has 1 aromatic carbocycles. The van der Waals surface area contributed by atoms with Crippen molar-refractivity contribution in [2.24, 2.45) is 5.41 Å². The topological polar surface area (TPSA) is 128 Å². The Morgan fingerprint density at radius 2 is 1.68 bits per heavy atom. The van der Waals surface area contributed by atoms with Gasteiger partial charge >= 0.3 is 12.1 Å². The molecule has 1 saturated heterocycles. The van der Waals surface area contributed by atoms with E-state index in [0.717, 1.165) is 18.4 Å². The van der Waals surface area contributed by atoms with E-state index < -0.39 is 17.4 Å². The fraction of sp³-hybridized carbons (Fsp3) is 0.552. The summed E-state index contributed by atoms with van der Waals surface area (Å²) >= 11 is 0. The molecule has 11 nitrogen and oxygen atoms in total. The maximum absolute atomic E-state index is 13.3. The van der Waals surface area contributed by atoms with Crippen LogP contribution in [0.2, 0.25) is 0 Å². The number of aromatic nitrogens is 2. The maximum Gasteiger partial charge on any atom is 0.415 e. The third kappa shape index (κ3) is 7.61. The first kappa shape index (κ1) is 30.6. The van der Waals surface area contributed by atoms with Crippen LogP contribution in [0.25, 0.3) is 0 Å². The van der Waals surface area contributed by atoms with Crippen molar-refractivity contribution < 1.29 is 24.2 Å². The molecule has 2 aromatic rings. The Kier molecular flexibility index (Phi) is 10.3. The lowest BCUT2D eigenvalue weighted by Crippen LogP contribution is -2.41. The zero-order valence-corrected chi connectivity index (χ0v) is 24.4. The lowest BCUT2D eigenvalue weighted by Gasteiger charge is -2.31. The average Bonchev–Trinajstić information content (AvgIpc) is 3.46. The lowest BCUT2D eigenvalue weighted by molar-refractivity contribution is -0.137. The van der Waals surface area contributed by atoms with Gasteiger partial charge in [0.15, 0.2) is 5.82 Å². The number of rotatable bonds is 11. The van der Waals surface area contributed by atoms with E-state index in [1.54, 1.807) is 40.3 Å². The van der Waals surface area contributed by atoms with Crippen LogP contribution in [0.15, 0.2) is 30.5 Å². The molecule has 2 amide bonds. The lowest BCUT2D eigenvalue weighted by atomic mass is 9.94. The van der Waals surface area contributed by atoms with Crippen molar-refractivity contribution in [1.82, 2.24) is 14.9 Å². The van der Waals surface area contributed by atoms with E-state index >= 15 is 0 Å². The van der Waals surface area contributed by atoms with Crippen molar-refractivity contribution >= 4 is 35.4 Å². The van der Waals surface area contributed by atoms with Gasteiger partial charge in [-0.3, -0.25) is 4.79 Å². The first-order valence-electron chi connectivity index (χ1n) is 14.0. The molecule has 11 heteroatoms. The zero-order chi connectivity index (χ0) is 29.4. The van der Waals surface area contributed by atoms with Crippen LogP contribution in [0.3, 0.4) is 0 Å². The summed E-state index contributed by atoms with van der Waals surface area (Å²) in [6.45, 7) is 14.4. The minimum absolute atomic E-state index is 0.122. The molecule has 0 saturated carbocycles. The van der Waals surface area contributed by atoms with Gasteiger partial charge in [-0.2, -0.15) is 4.98 Å². The van der Waals surface area contributed by atoms with Gasteiger partial charge in [0.1, 0.15) is 17.5 Å². The normalized spacial score (nSPS) is 14.0. The quantitative estimate of drug-likeness (QED) is 0.415. The molecule has 1 atom stereocenters. The van der Waals surface area contributed by atoms with E-state index in [-0.39, 0.29) is 24.2 Å². The standard InChI is InChI=1S/C29H42N6O5/c1-7-33(8-2)27-30-19-23(35(9-3)26(38)29(4,5)6)24(32-27)31-22(25(36)37)18-20-12-14-21(15-13-20)40-28(39)34-16-10-11-17-34/h12-15,19,22H,7-11,16-18H2,1-6H3,(H,36,37)(H,30,31,32)/t22-/m1/s1. The van der Waals surface area contributed by atoms with Gasteiger partial charge < -0.3 is 29.9 Å². The number of likely N-dealkylation sites (tertiary alicyclic amines) is 1. The first-order valence-corrected chi connectivity index (χ1v) is 14.0. The monoisotopic (exact) mass is 554 g/mol. The third-order valence-corrected chi connectivity index (χ3v) is 6.84. The van der Waals surface area contributed by atoms with Crippen molar-refractivity contribution in [3.05, 3.63) is 36.0 Å². The highest BCUT2D eigenvalue weighted by Crippen LogP contribution is 2.30. The molecule has 2 N–H and O–H groups in total. The molecule has 2 heterocycles. The summed E-state index contributed by atoms with van der Waals surface area (Å²) in [6.07, 6.45) is 3.30. The molecular weight excluding hydrogens is 512 g/mol.